The van der Waals surface area contributed by atoms with Crippen molar-refractivity contribution >= 4 is 56.2 Å². The lowest BCUT2D eigenvalue weighted by Gasteiger charge is -2.29. The predicted octanol–water partition coefficient (Wildman–Crippen LogP) is 5.18. The second-order valence-corrected chi connectivity index (χ2v) is 12.1. The van der Waals surface area contributed by atoms with Gasteiger partial charge in [0.15, 0.2) is 5.82 Å². The average molecular weight is 635 g/mol. The highest BCUT2D eigenvalue weighted by Crippen LogP contribution is 2.30. The quantitative estimate of drug-likeness (QED) is 0.190. The van der Waals surface area contributed by atoms with Crippen LogP contribution in [0.1, 0.15) is 29.6 Å². The molecule has 1 saturated heterocycles. The first-order valence-electron chi connectivity index (χ1n) is 13.3. The van der Waals surface area contributed by atoms with Gasteiger partial charge < -0.3 is 15.1 Å². The lowest BCUT2D eigenvalue weighted by molar-refractivity contribution is -0.385. The van der Waals surface area contributed by atoms with Crippen molar-refractivity contribution in [1.82, 2.24) is 15.1 Å². The summed E-state index contributed by atoms with van der Waals surface area (Å²) >= 11 is 0. The summed E-state index contributed by atoms with van der Waals surface area (Å²) in [4.78, 5) is 27.8. The smallest absolute Gasteiger partial charge is 0.284 e. The molecule has 0 spiro atoms. The molecule has 3 aromatic carbocycles. The van der Waals surface area contributed by atoms with E-state index in [-0.39, 0.29) is 34.1 Å². The second kappa shape index (κ2) is 13.0. The van der Waals surface area contributed by atoms with E-state index in [9.17, 15) is 32.1 Å². The van der Waals surface area contributed by atoms with Crippen LogP contribution in [0, 0.1) is 21.7 Å². The first-order chi connectivity index (χ1) is 20.0. The molecule has 5 rings (SSSR count). The molecule has 1 amide bonds. The van der Waals surface area contributed by atoms with E-state index in [1.54, 1.807) is 6.07 Å². The Morgan fingerprint density at radius 3 is 2.42 bits per heavy atom. The number of nitrogens with one attached hydrogen (secondary N) is 2. The van der Waals surface area contributed by atoms with Gasteiger partial charge in [-0.3, -0.25) is 20.0 Å². The van der Waals surface area contributed by atoms with Gasteiger partial charge in [-0.1, -0.05) is 6.42 Å². The molecule has 228 valence electrons. The topological polar surface area (TPSA) is 142 Å². The van der Waals surface area contributed by atoms with Gasteiger partial charge in [0, 0.05) is 43.3 Å². The first-order valence-corrected chi connectivity index (χ1v) is 14.7. The molecular formula is C28H29ClF2N6O5S. The number of amides is 1. The standard InChI is InChI=1S/C28H28F2N6O5S.ClH/c1-34(11-12-35-9-3-2-4-10-35)20-5-7-23(26(16-20)36(38)39)28(37)31-27-24-17-21(6-8-25(24)32-33-27)42(40,41)22-14-18(29)13-19(30)15-22;/h5-8,13-17H,2-4,9-12H2,1H3,(H2,31,32,33,37);1H. The number of nitrogens with zero attached hydrogens (tertiary/aromatic N) is 4. The van der Waals surface area contributed by atoms with Crippen molar-refractivity contribution in [2.24, 2.45) is 0 Å². The third-order valence-corrected chi connectivity index (χ3v) is 9.02. The number of anilines is 2. The van der Waals surface area contributed by atoms with Gasteiger partial charge in [0.25, 0.3) is 11.6 Å². The number of likely N-dealkylation sites (tertiary alicyclic amines) is 1. The molecule has 2 heterocycles. The van der Waals surface area contributed by atoms with Crippen LogP contribution in [0.25, 0.3) is 10.9 Å². The Kier molecular flexibility index (Phi) is 9.62. The Balaban J connectivity index is 0.00000423. The number of rotatable bonds is 9. The van der Waals surface area contributed by atoms with E-state index in [2.05, 4.69) is 20.4 Å². The number of benzene rings is 3. The maximum atomic E-state index is 13.7. The molecule has 0 saturated carbocycles. The van der Waals surface area contributed by atoms with E-state index in [0.717, 1.165) is 32.5 Å². The Morgan fingerprint density at radius 1 is 1.05 bits per heavy atom. The van der Waals surface area contributed by atoms with Crippen LogP contribution >= 0.6 is 12.4 Å². The number of hydrogen-bond donors (Lipinski definition) is 2. The number of H-pyrrole nitrogens is 1. The fraction of sp³-hybridized carbons (Fsp3) is 0.286. The molecule has 0 bridgehead atoms. The molecule has 1 aliphatic heterocycles. The van der Waals surface area contributed by atoms with Crippen LogP contribution in [-0.2, 0) is 9.84 Å². The zero-order chi connectivity index (χ0) is 30.0. The number of nitro benzene ring substituents is 1. The fourth-order valence-electron chi connectivity index (χ4n) is 4.95. The third kappa shape index (κ3) is 6.92. The van der Waals surface area contributed by atoms with Crippen molar-refractivity contribution in [3.63, 3.8) is 0 Å². The van der Waals surface area contributed by atoms with Crippen molar-refractivity contribution in [2.45, 2.75) is 29.1 Å². The number of sulfone groups is 1. The SMILES string of the molecule is CN(CCN1CCCCC1)c1ccc(C(=O)Nc2n[nH]c3ccc(S(=O)(=O)c4cc(F)cc(F)c4)cc23)c([N+](=O)[O-])c1.Cl. The minimum Gasteiger partial charge on any atom is -0.373 e. The van der Waals surface area contributed by atoms with E-state index in [1.807, 2.05) is 11.9 Å². The summed E-state index contributed by atoms with van der Waals surface area (Å²) in [6.07, 6.45) is 3.55. The van der Waals surface area contributed by atoms with Gasteiger partial charge >= 0.3 is 0 Å². The number of aromatic amines is 1. The number of nitro groups is 1. The molecule has 15 heteroatoms. The second-order valence-electron chi connectivity index (χ2n) is 10.1. The highest BCUT2D eigenvalue weighted by atomic mass is 35.5. The number of halogens is 3. The zero-order valence-electron chi connectivity index (χ0n) is 23.0. The summed E-state index contributed by atoms with van der Waals surface area (Å²) < 4.78 is 53.5. The number of carbonyl (C=O) groups excluding carboxylic acids is 1. The number of likely N-dealkylation sites (N-methyl/N-ethyl adjacent to an activating group) is 1. The minimum atomic E-state index is -4.33. The van der Waals surface area contributed by atoms with Crippen molar-refractivity contribution < 1.29 is 26.9 Å². The highest BCUT2D eigenvalue weighted by Gasteiger charge is 2.25. The highest BCUT2D eigenvalue weighted by molar-refractivity contribution is 7.91. The van der Waals surface area contributed by atoms with Gasteiger partial charge in [0.05, 0.1) is 20.2 Å². The number of aromatic nitrogens is 2. The van der Waals surface area contributed by atoms with Crippen LogP contribution in [-0.4, -0.2) is 67.6 Å². The summed E-state index contributed by atoms with van der Waals surface area (Å²) in [6, 6.07) is 10.1. The monoisotopic (exact) mass is 634 g/mol. The zero-order valence-corrected chi connectivity index (χ0v) is 24.7. The Morgan fingerprint density at radius 2 is 1.74 bits per heavy atom. The number of fused-ring (bicyclic) bond motifs is 1. The van der Waals surface area contributed by atoms with Crippen LogP contribution in [0.4, 0.5) is 26.0 Å². The maximum Gasteiger partial charge on any atom is 0.284 e. The van der Waals surface area contributed by atoms with Crippen LogP contribution < -0.4 is 10.2 Å². The van der Waals surface area contributed by atoms with Crippen LogP contribution in [0.5, 0.6) is 0 Å². The minimum absolute atomic E-state index is 0. The van der Waals surface area contributed by atoms with Gasteiger partial charge in [-0.15, -0.1) is 12.4 Å². The van der Waals surface area contributed by atoms with E-state index >= 15 is 0 Å². The van der Waals surface area contributed by atoms with Crippen LogP contribution in [0.2, 0.25) is 0 Å². The molecule has 1 fully saturated rings. The van der Waals surface area contributed by atoms with E-state index in [4.69, 9.17) is 0 Å². The molecule has 43 heavy (non-hydrogen) atoms. The van der Waals surface area contributed by atoms with Gasteiger partial charge in [-0.2, -0.15) is 5.10 Å². The average Bonchev–Trinajstić information content (AvgIpc) is 3.37. The Bertz CT molecular complexity index is 1760. The largest absolute Gasteiger partial charge is 0.373 e. The molecule has 0 aliphatic carbocycles. The molecule has 2 N–H and O–H groups in total. The fourth-order valence-corrected chi connectivity index (χ4v) is 6.28. The van der Waals surface area contributed by atoms with E-state index in [0.29, 0.717) is 35.9 Å². The summed E-state index contributed by atoms with van der Waals surface area (Å²) in [5.74, 6) is -2.99. The van der Waals surface area contributed by atoms with Gasteiger partial charge in [0.1, 0.15) is 17.2 Å². The van der Waals surface area contributed by atoms with Crippen LogP contribution in [0.3, 0.4) is 0 Å². The molecule has 0 atom stereocenters. The molecule has 1 aliphatic rings. The van der Waals surface area contributed by atoms with Crippen molar-refractivity contribution in [3.05, 3.63) is 81.9 Å². The summed E-state index contributed by atoms with van der Waals surface area (Å²) in [6.45, 7) is 3.55. The van der Waals surface area contributed by atoms with Crippen molar-refractivity contribution in [3.8, 4) is 0 Å². The van der Waals surface area contributed by atoms with Gasteiger partial charge in [-0.25, -0.2) is 17.2 Å². The van der Waals surface area contributed by atoms with Gasteiger partial charge in [0.2, 0.25) is 9.84 Å². The van der Waals surface area contributed by atoms with Crippen molar-refractivity contribution in [2.75, 3.05) is 43.4 Å². The Hall–Kier alpha value is -4.14. The molecule has 0 unspecified atom stereocenters. The van der Waals surface area contributed by atoms with E-state index in [1.165, 1.54) is 36.8 Å². The lowest BCUT2D eigenvalue weighted by Crippen LogP contribution is -2.36. The number of piperidine rings is 1. The lowest BCUT2D eigenvalue weighted by atomic mass is 10.1. The maximum absolute atomic E-state index is 13.7. The number of carbonyl (C=O) groups is 1. The molecule has 4 aromatic rings. The summed E-state index contributed by atoms with van der Waals surface area (Å²) in [5.41, 5.74) is 0.341. The van der Waals surface area contributed by atoms with E-state index < -0.39 is 42.9 Å². The van der Waals surface area contributed by atoms with Gasteiger partial charge in [-0.05, 0) is 68.4 Å². The Labute approximate surface area is 252 Å². The predicted molar refractivity (Wildman–Crippen MR) is 160 cm³/mol. The summed E-state index contributed by atoms with van der Waals surface area (Å²) in [5, 5.41) is 21.3. The molecule has 11 nitrogen and oxygen atoms in total. The van der Waals surface area contributed by atoms with Crippen LogP contribution in [0.15, 0.2) is 64.4 Å². The number of hydrogen-bond acceptors (Lipinski definition) is 8. The van der Waals surface area contributed by atoms with Crippen molar-refractivity contribution in [1.29, 1.82) is 0 Å². The molecule has 1 aromatic heterocycles. The summed E-state index contributed by atoms with van der Waals surface area (Å²) in [7, 11) is -2.49. The first kappa shape index (κ1) is 31.8. The molecule has 0 radical (unpaired) electrons. The molecular weight excluding hydrogens is 606 g/mol. The normalized spacial score (nSPS) is 13.8. The third-order valence-electron chi connectivity index (χ3n) is 7.29.